The van der Waals surface area contributed by atoms with E-state index in [1.807, 2.05) is 0 Å². The molecule has 1 heterocycles. The summed E-state index contributed by atoms with van der Waals surface area (Å²) in [5.74, 6) is 1.09. The highest BCUT2D eigenvalue weighted by Gasteiger charge is 2.25. The van der Waals surface area contributed by atoms with Gasteiger partial charge in [0.2, 0.25) is 0 Å². The molecule has 1 fully saturated rings. The molecule has 0 aromatic heterocycles. The molecule has 0 N–H and O–H groups in total. The number of ketones is 1. The number of carbonyl (C=O) groups is 2. The maximum Gasteiger partial charge on any atom is 0.415 e. The first-order valence-electron chi connectivity index (χ1n) is 5.31. The highest BCUT2D eigenvalue weighted by atomic mass is 16.6. The molecule has 1 amide bonds. The number of hydrogen-bond acceptors (Lipinski definition) is 4. The average Bonchev–Trinajstić information content (AvgIpc) is 2.76. The normalized spacial score (nSPS) is 14.9. The van der Waals surface area contributed by atoms with Crippen LogP contribution in [0.5, 0.6) is 11.5 Å². The Balaban J connectivity index is 2.00. The molecule has 2 rings (SSSR count). The van der Waals surface area contributed by atoms with Crippen LogP contribution in [-0.2, 0) is 4.79 Å². The average molecular weight is 235 g/mol. The quantitative estimate of drug-likeness (QED) is 0.778. The first kappa shape index (κ1) is 11.4. The van der Waals surface area contributed by atoms with Crippen molar-refractivity contribution in [2.24, 2.45) is 0 Å². The maximum absolute atomic E-state index is 11.7. The second-order valence-corrected chi connectivity index (χ2v) is 3.76. The van der Waals surface area contributed by atoms with Gasteiger partial charge in [0.25, 0.3) is 0 Å². The summed E-state index contributed by atoms with van der Waals surface area (Å²) in [7, 11) is 1.54. The van der Waals surface area contributed by atoms with Crippen molar-refractivity contribution in [1.82, 2.24) is 4.90 Å². The summed E-state index contributed by atoms with van der Waals surface area (Å²) in [6, 6.07) is 6.78. The maximum atomic E-state index is 11.7. The minimum Gasteiger partial charge on any atom is -0.497 e. The van der Waals surface area contributed by atoms with Crippen LogP contribution >= 0.6 is 0 Å². The minimum atomic E-state index is -0.496. The van der Waals surface area contributed by atoms with Gasteiger partial charge in [0.1, 0.15) is 11.5 Å². The third-order valence-electron chi connectivity index (χ3n) is 2.53. The number of benzene rings is 1. The van der Waals surface area contributed by atoms with Crippen molar-refractivity contribution >= 4 is 11.9 Å². The summed E-state index contributed by atoms with van der Waals surface area (Å²) in [6.07, 6.45) is -0.0863. The molecular formula is C12H13NO4. The Morgan fingerprint density at radius 3 is 2.76 bits per heavy atom. The largest absolute Gasteiger partial charge is 0.497 e. The van der Waals surface area contributed by atoms with Gasteiger partial charge < -0.3 is 14.4 Å². The standard InChI is InChI=1S/C12H13NO4/c1-16-10-3-2-4-11(7-10)17-12(15)13-6-5-9(14)8-13/h2-4,7H,5-6,8H2,1H3. The number of amides is 1. The van der Waals surface area contributed by atoms with E-state index < -0.39 is 6.09 Å². The minimum absolute atomic E-state index is 0.0626. The van der Waals surface area contributed by atoms with E-state index >= 15 is 0 Å². The van der Waals surface area contributed by atoms with E-state index in [0.29, 0.717) is 24.5 Å². The zero-order valence-corrected chi connectivity index (χ0v) is 9.51. The summed E-state index contributed by atoms with van der Waals surface area (Å²) >= 11 is 0. The van der Waals surface area contributed by atoms with Crippen molar-refractivity contribution in [1.29, 1.82) is 0 Å². The van der Waals surface area contributed by atoms with Gasteiger partial charge in [-0.2, -0.15) is 0 Å². The Hall–Kier alpha value is -2.04. The Morgan fingerprint density at radius 2 is 2.12 bits per heavy atom. The molecule has 0 spiro atoms. The van der Waals surface area contributed by atoms with E-state index in [1.165, 1.54) is 4.90 Å². The van der Waals surface area contributed by atoms with Crippen LogP contribution in [0.25, 0.3) is 0 Å². The smallest absolute Gasteiger partial charge is 0.415 e. The van der Waals surface area contributed by atoms with Crippen LogP contribution in [0.2, 0.25) is 0 Å². The van der Waals surface area contributed by atoms with E-state index in [4.69, 9.17) is 9.47 Å². The fourth-order valence-electron chi connectivity index (χ4n) is 1.62. The Morgan fingerprint density at radius 1 is 1.35 bits per heavy atom. The van der Waals surface area contributed by atoms with Gasteiger partial charge in [0, 0.05) is 19.0 Å². The molecule has 1 aliphatic heterocycles. The Kier molecular flexibility index (Phi) is 3.27. The van der Waals surface area contributed by atoms with Crippen LogP contribution in [0.3, 0.4) is 0 Å². The van der Waals surface area contributed by atoms with Gasteiger partial charge in [-0.15, -0.1) is 0 Å². The molecule has 0 atom stereocenters. The molecule has 5 heteroatoms. The van der Waals surface area contributed by atoms with Crippen LogP contribution in [0.15, 0.2) is 24.3 Å². The first-order chi connectivity index (χ1) is 8.19. The molecule has 0 saturated carbocycles. The van der Waals surface area contributed by atoms with Crippen molar-refractivity contribution in [3.63, 3.8) is 0 Å². The topological polar surface area (TPSA) is 55.8 Å². The Bertz CT molecular complexity index is 444. The van der Waals surface area contributed by atoms with Crippen molar-refractivity contribution in [2.45, 2.75) is 6.42 Å². The van der Waals surface area contributed by atoms with Crippen LogP contribution in [-0.4, -0.2) is 37.0 Å². The first-order valence-corrected chi connectivity index (χ1v) is 5.31. The molecule has 0 aliphatic carbocycles. The van der Waals surface area contributed by atoms with Crippen molar-refractivity contribution in [2.75, 3.05) is 20.2 Å². The summed E-state index contributed by atoms with van der Waals surface area (Å²) in [6.45, 7) is 0.574. The highest BCUT2D eigenvalue weighted by Crippen LogP contribution is 2.20. The zero-order valence-electron chi connectivity index (χ0n) is 9.51. The van der Waals surface area contributed by atoms with E-state index in [9.17, 15) is 9.59 Å². The number of nitrogens with zero attached hydrogens (tertiary/aromatic N) is 1. The van der Waals surface area contributed by atoms with Crippen molar-refractivity contribution in [3.8, 4) is 11.5 Å². The molecule has 0 radical (unpaired) electrons. The molecule has 5 nitrogen and oxygen atoms in total. The lowest BCUT2D eigenvalue weighted by atomic mass is 10.3. The van der Waals surface area contributed by atoms with Gasteiger partial charge in [-0.25, -0.2) is 4.79 Å². The molecule has 17 heavy (non-hydrogen) atoms. The number of hydrogen-bond donors (Lipinski definition) is 0. The van der Waals surface area contributed by atoms with Gasteiger partial charge in [-0.1, -0.05) is 6.07 Å². The fraction of sp³-hybridized carbons (Fsp3) is 0.333. The van der Waals surface area contributed by atoms with Crippen LogP contribution in [0, 0.1) is 0 Å². The lowest BCUT2D eigenvalue weighted by molar-refractivity contribution is -0.116. The van der Waals surface area contributed by atoms with Gasteiger partial charge in [0.15, 0.2) is 5.78 Å². The predicted octanol–water partition coefficient (Wildman–Crippen LogP) is 1.47. The monoisotopic (exact) mass is 235 g/mol. The van der Waals surface area contributed by atoms with Crippen molar-refractivity contribution < 1.29 is 19.1 Å². The zero-order chi connectivity index (χ0) is 12.3. The molecule has 90 valence electrons. The summed E-state index contributed by atoms with van der Waals surface area (Å²) in [4.78, 5) is 24.1. The number of likely N-dealkylation sites (tertiary alicyclic amines) is 1. The van der Waals surface area contributed by atoms with Gasteiger partial charge in [0.05, 0.1) is 13.7 Å². The van der Waals surface area contributed by atoms with E-state index in [2.05, 4.69) is 0 Å². The van der Waals surface area contributed by atoms with E-state index in [-0.39, 0.29) is 12.3 Å². The molecule has 1 aromatic rings. The van der Waals surface area contributed by atoms with Crippen molar-refractivity contribution in [3.05, 3.63) is 24.3 Å². The van der Waals surface area contributed by atoms with Crippen LogP contribution < -0.4 is 9.47 Å². The third kappa shape index (κ3) is 2.75. The fourth-order valence-corrected chi connectivity index (χ4v) is 1.62. The molecule has 0 unspecified atom stereocenters. The second kappa shape index (κ2) is 4.86. The van der Waals surface area contributed by atoms with Gasteiger partial charge in [-0.3, -0.25) is 4.79 Å². The van der Waals surface area contributed by atoms with E-state index in [1.54, 1.807) is 31.4 Å². The number of methoxy groups -OCH3 is 1. The van der Waals surface area contributed by atoms with E-state index in [0.717, 1.165) is 0 Å². The lowest BCUT2D eigenvalue weighted by Crippen LogP contribution is -2.31. The molecule has 1 aliphatic rings. The summed E-state index contributed by atoms with van der Waals surface area (Å²) in [5.41, 5.74) is 0. The van der Waals surface area contributed by atoms with Crippen LogP contribution in [0.1, 0.15) is 6.42 Å². The number of carbonyl (C=O) groups excluding carboxylic acids is 2. The second-order valence-electron chi connectivity index (χ2n) is 3.76. The third-order valence-corrected chi connectivity index (χ3v) is 2.53. The molecule has 0 bridgehead atoms. The molecular weight excluding hydrogens is 222 g/mol. The SMILES string of the molecule is COc1cccc(OC(=O)N2CCC(=O)C2)c1. The predicted molar refractivity (Wildman–Crippen MR) is 60.2 cm³/mol. The highest BCUT2D eigenvalue weighted by molar-refractivity contribution is 5.87. The van der Waals surface area contributed by atoms with Gasteiger partial charge in [-0.05, 0) is 12.1 Å². The van der Waals surface area contributed by atoms with Crippen LogP contribution in [0.4, 0.5) is 4.79 Å². The Labute approximate surface area is 98.9 Å². The molecule has 1 saturated heterocycles. The molecule has 1 aromatic carbocycles. The number of ether oxygens (including phenoxy) is 2. The van der Waals surface area contributed by atoms with Gasteiger partial charge >= 0.3 is 6.09 Å². The number of rotatable bonds is 2. The lowest BCUT2D eigenvalue weighted by Gasteiger charge is -2.14. The summed E-state index contributed by atoms with van der Waals surface area (Å²) < 4.78 is 10.2. The number of Topliss-reactive ketones (excluding diaryl/α,β-unsaturated/α-hetero) is 1. The summed E-state index contributed by atoms with van der Waals surface area (Å²) in [5, 5.41) is 0.